The van der Waals surface area contributed by atoms with Gasteiger partial charge in [0.2, 0.25) is 0 Å². The number of hydrogen-bond acceptors (Lipinski definition) is 3. The molecule has 0 radical (unpaired) electrons. The van der Waals surface area contributed by atoms with Gasteiger partial charge in [0, 0.05) is 11.6 Å². The molecular weight excluding hydrogens is 265 g/mol. The summed E-state index contributed by atoms with van der Waals surface area (Å²) in [5, 5.41) is 9.74. The first-order chi connectivity index (χ1) is 6.99. The van der Waals surface area contributed by atoms with Crippen molar-refractivity contribution in [2.45, 2.75) is 19.1 Å². The Hall–Kier alpha value is -0.650. The number of hydrogen-bond donors (Lipinski definition) is 2. The summed E-state index contributed by atoms with van der Waals surface area (Å²) in [6, 6.07) is 2.61. The van der Waals surface area contributed by atoms with Gasteiger partial charge in [0.1, 0.15) is 0 Å². The second-order valence-corrected chi connectivity index (χ2v) is 4.14. The molecule has 5 heteroatoms. The monoisotopic (exact) mass is 277 g/mol. The van der Waals surface area contributed by atoms with Crippen molar-refractivity contribution in [1.29, 1.82) is 0 Å². The summed E-state index contributed by atoms with van der Waals surface area (Å²) in [6.45, 7) is 1.64. The van der Waals surface area contributed by atoms with E-state index >= 15 is 0 Å². The molecule has 1 rings (SSSR count). The van der Waals surface area contributed by atoms with E-state index in [1.165, 1.54) is 13.2 Å². The van der Waals surface area contributed by atoms with Gasteiger partial charge >= 0.3 is 0 Å². The molecule has 0 aliphatic heterocycles. The molecule has 2 atom stereocenters. The third kappa shape index (κ3) is 2.48. The lowest BCUT2D eigenvalue weighted by molar-refractivity contribution is 0.148. The van der Waals surface area contributed by atoms with Crippen molar-refractivity contribution >= 4 is 15.9 Å². The number of aliphatic hydroxyl groups excluding tert-OH is 1. The summed E-state index contributed by atoms with van der Waals surface area (Å²) in [6.07, 6.45) is -0.942. The molecule has 0 aliphatic carbocycles. The van der Waals surface area contributed by atoms with Crippen molar-refractivity contribution in [2.75, 3.05) is 7.11 Å². The Bertz CT molecular complexity index is 358. The summed E-state index contributed by atoms with van der Waals surface area (Å²) >= 11 is 3.04. The van der Waals surface area contributed by atoms with Crippen molar-refractivity contribution < 1.29 is 14.2 Å². The minimum Gasteiger partial charge on any atom is -0.493 e. The largest absolute Gasteiger partial charge is 0.493 e. The molecule has 3 nitrogen and oxygen atoms in total. The number of ether oxygens (including phenoxy) is 1. The van der Waals surface area contributed by atoms with Gasteiger partial charge in [-0.25, -0.2) is 4.39 Å². The highest BCUT2D eigenvalue weighted by molar-refractivity contribution is 9.10. The molecule has 0 heterocycles. The van der Waals surface area contributed by atoms with E-state index in [0.717, 1.165) is 0 Å². The van der Waals surface area contributed by atoms with Crippen LogP contribution in [0.5, 0.6) is 5.75 Å². The average Bonchev–Trinajstić information content (AvgIpc) is 2.20. The van der Waals surface area contributed by atoms with Crippen molar-refractivity contribution in [1.82, 2.24) is 0 Å². The topological polar surface area (TPSA) is 55.5 Å². The fraction of sp³-hybridized carbons (Fsp3) is 0.400. The van der Waals surface area contributed by atoms with Gasteiger partial charge in [-0.3, -0.25) is 0 Å². The second kappa shape index (κ2) is 4.92. The van der Waals surface area contributed by atoms with Crippen LogP contribution in [0, 0.1) is 5.82 Å². The van der Waals surface area contributed by atoms with Gasteiger partial charge in [0.25, 0.3) is 0 Å². The van der Waals surface area contributed by atoms with Crippen LogP contribution in [0.15, 0.2) is 16.6 Å². The normalized spacial score (nSPS) is 14.8. The molecule has 0 aliphatic rings. The molecule has 0 spiro atoms. The third-order valence-corrected chi connectivity index (χ3v) is 2.71. The summed E-state index contributed by atoms with van der Waals surface area (Å²) in [4.78, 5) is 0. The lowest BCUT2D eigenvalue weighted by Crippen LogP contribution is -2.25. The Balaban J connectivity index is 3.24. The van der Waals surface area contributed by atoms with Gasteiger partial charge < -0.3 is 15.6 Å². The van der Waals surface area contributed by atoms with E-state index in [4.69, 9.17) is 10.5 Å². The molecule has 1 aromatic carbocycles. The lowest BCUT2D eigenvalue weighted by atomic mass is 10.0. The third-order valence-electron chi connectivity index (χ3n) is 2.10. The summed E-state index contributed by atoms with van der Waals surface area (Å²) in [7, 11) is 1.35. The Labute approximate surface area is 96.2 Å². The fourth-order valence-electron chi connectivity index (χ4n) is 1.27. The molecule has 0 bridgehead atoms. The van der Waals surface area contributed by atoms with Gasteiger partial charge in [-0.15, -0.1) is 0 Å². The van der Waals surface area contributed by atoms with E-state index in [1.54, 1.807) is 13.0 Å². The summed E-state index contributed by atoms with van der Waals surface area (Å²) in [5.74, 6) is -0.510. The second-order valence-electron chi connectivity index (χ2n) is 3.29. The highest BCUT2D eigenvalue weighted by Gasteiger charge is 2.21. The van der Waals surface area contributed by atoms with E-state index in [1.807, 2.05) is 0 Å². The number of methoxy groups -OCH3 is 1. The van der Waals surface area contributed by atoms with Crippen LogP contribution in [0.25, 0.3) is 0 Å². The lowest BCUT2D eigenvalue weighted by Gasteiger charge is -2.18. The van der Waals surface area contributed by atoms with Gasteiger partial charge in [-0.2, -0.15) is 0 Å². The smallest absolute Gasteiger partial charge is 0.179 e. The maximum Gasteiger partial charge on any atom is 0.179 e. The highest BCUT2D eigenvalue weighted by Crippen LogP contribution is 2.33. The Kier molecular flexibility index (Phi) is 4.07. The quantitative estimate of drug-likeness (QED) is 0.888. The molecule has 2 unspecified atom stereocenters. The molecule has 0 aromatic heterocycles. The van der Waals surface area contributed by atoms with Gasteiger partial charge in [-0.05, 0) is 28.9 Å². The van der Waals surface area contributed by atoms with Crippen LogP contribution in [-0.2, 0) is 0 Å². The molecule has 0 amide bonds. The van der Waals surface area contributed by atoms with Crippen LogP contribution in [0.4, 0.5) is 4.39 Å². The van der Waals surface area contributed by atoms with Crippen LogP contribution < -0.4 is 10.5 Å². The van der Waals surface area contributed by atoms with Crippen LogP contribution in [0.1, 0.15) is 18.6 Å². The molecule has 0 fully saturated rings. The van der Waals surface area contributed by atoms with Crippen molar-refractivity contribution in [3.63, 3.8) is 0 Å². The van der Waals surface area contributed by atoms with Crippen molar-refractivity contribution in [3.05, 3.63) is 28.0 Å². The van der Waals surface area contributed by atoms with Crippen LogP contribution in [0.2, 0.25) is 0 Å². The van der Waals surface area contributed by atoms with Crippen molar-refractivity contribution in [2.24, 2.45) is 5.73 Å². The first kappa shape index (κ1) is 12.4. The Morgan fingerprint density at radius 3 is 2.60 bits per heavy atom. The minimum absolute atomic E-state index is 0.0224. The van der Waals surface area contributed by atoms with E-state index in [2.05, 4.69) is 15.9 Å². The molecule has 15 heavy (non-hydrogen) atoms. The van der Waals surface area contributed by atoms with E-state index in [0.29, 0.717) is 10.0 Å². The Morgan fingerprint density at radius 2 is 2.13 bits per heavy atom. The zero-order valence-electron chi connectivity index (χ0n) is 8.50. The SMILES string of the molecule is COc1c(C(O)C(C)N)ccc(Br)c1F. The fourth-order valence-corrected chi connectivity index (χ4v) is 1.58. The van der Waals surface area contributed by atoms with Gasteiger partial charge in [-0.1, -0.05) is 6.07 Å². The summed E-state index contributed by atoms with van der Waals surface area (Å²) < 4.78 is 18.8. The maximum absolute atomic E-state index is 13.6. The molecule has 84 valence electrons. The van der Waals surface area contributed by atoms with Crippen LogP contribution in [-0.4, -0.2) is 18.3 Å². The molecular formula is C10H13BrFNO2. The van der Waals surface area contributed by atoms with E-state index in [-0.39, 0.29) is 5.75 Å². The predicted molar refractivity (Wildman–Crippen MR) is 59.3 cm³/mol. The molecule has 0 saturated heterocycles. The molecule has 0 saturated carbocycles. The van der Waals surface area contributed by atoms with Gasteiger partial charge in [0.15, 0.2) is 11.6 Å². The van der Waals surface area contributed by atoms with Crippen LogP contribution in [0.3, 0.4) is 0 Å². The summed E-state index contributed by atoms with van der Waals surface area (Å²) in [5.41, 5.74) is 5.89. The highest BCUT2D eigenvalue weighted by atomic mass is 79.9. The standard InChI is InChI=1S/C10H13BrFNO2/c1-5(13)9(14)6-3-4-7(11)8(12)10(6)15-2/h3-5,9,14H,13H2,1-2H3. The number of benzene rings is 1. The number of rotatable bonds is 3. The van der Waals surface area contributed by atoms with E-state index < -0.39 is 18.0 Å². The van der Waals surface area contributed by atoms with Crippen LogP contribution >= 0.6 is 15.9 Å². The first-order valence-electron chi connectivity index (χ1n) is 4.44. The minimum atomic E-state index is -0.942. The van der Waals surface area contributed by atoms with E-state index in [9.17, 15) is 9.50 Å². The zero-order chi connectivity index (χ0) is 11.6. The number of halogens is 2. The number of aliphatic hydroxyl groups is 1. The zero-order valence-corrected chi connectivity index (χ0v) is 10.1. The maximum atomic E-state index is 13.6. The predicted octanol–water partition coefficient (Wildman–Crippen LogP) is 1.98. The first-order valence-corrected chi connectivity index (χ1v) is 5.23. The molecule has 3 N–H and O–H groups in total. The van der Waals surface area contributed by atoms with Crippen molar-refractivity contribution in [3.8, 4) is 5.75 Å². The number of nitrogens with two attached hydrogens (primary N) is 1. The Morgan fingerprint density at radius 1 is 1.53 bits per heavy atom. The molecule has 1 aromatic rings. The van der Waals surface area contributed by atoms with Gasteiger partial charge in [0.05, 0.1) is 17.7 Å². The average molecular weight is 278 g/mol.